The van der Waals surface area contributed by atoms with Gasteiger partial charge in [-0.1, -0.05) is 35.9 Å². The second-order valence-electron chi connectivity index (χ2n) is 8.40. The van der Waals surface area contributed by atoms with E-state index in [1.54, 1.807) is 19.9 Å². The smallest absolute Gasteiger partial charge is 0.263 e. The monoisotopic (exact) mass is 463 g/mol. The maximum Gasteiger partial charge on any atom is 0.263 e. The highest BCUT2D eigenvalue weighted by Crippen LogP contribution is 2.27. The van der Waals surface area contributed by atoms with E-state index in [0.717, 1.165) is 11.1 Å². The Morgan fingerprint density at radius 3 is 2.58 bits per heavy atom. The lowest BCUT2D eigenvalue weighted by Crippen LogP contribution is -2.51. The minimum Gasteiger partial charge on any atom is -0.506 e. The molecular weight excluding hydrogens is 438 g/mol. The second kappa shape index (κ2) is 10.4. The van der Waals surface area contributed by atoms with Crippen LogP contribution in [0.5, 0.6) is 11.6 Å². The highest BCUT2D eigenvalue weighted by atomic mass is 35.5. The van der Waals surface area contributed by atoms with Gasteiger partial charge in [0.05, 0.1) is 17.8 Å². The third kappa shape index (κ3) is 6.47. The summed E-state index contributed by atoms with van der Waals surface area (Å²) in [5.41, 5.74) is 1.39. The SMILES string of the molecule is CC(NC(=O)C(C)(C)Oc1ccc(O)cn1)C(Cc1ccc(Cl)cc1)c1cccc(C#N)c1. The predicted molar refractivity (Wildman–Crippen MR) is 127 cm³/mol. The molecule has 0 aliphatic carbocycles. The van der Waals surface area contributed by atoms with E-state index in [1.807, 2.05) is 49.4 Å². The van der Waals surface area contributed by atoms with Crippen LogP contribution in [0.25, 0.3) is 0 Å². The fraction of sp³-hybridized carbons (Fsp3) is 0.269. The molecule has 0 aliphatic rings. The van der Waals surface area contributed by atoms with Crippen LogP contribution in [0.4, 0.5) is 0 Å². The van der Waals surface area contributed by atoms with Crippen molar-refractivity contribution in [1.82, 2.24) is 10.3 Å². The van der Waals surface area contributed by atoms with Crippen LogP contribution in [0.15, 0.2) is 66.9 Å². The molecule has 0 fully saturated rings. The largest absolute Gasteiger partial charge is 0.506 e. The normalized spacial score (nSPS) is 12.9. The fourth-order valence-corrected chi connectivity index (χ4v) is 3.64. The van der Waals surface area contributed by atoms with E-state index in [1.165, 1.54) is 18.3 Å². The molecule has 2 N–H and O–H groups in total. The van der Waals surface area contributed by atoms with Gasteiger partial charge in [0.25, 0.3) is 5.91 Å². The van der Waals surface area contributed by atoms with Crippen LogP contribution in [0.3, 0.4) is 0 Å². The summed E-state index contributed by atoms with van der Waals surface area (Å²) in [5, 5.41) is 22.5. The molecule has 0 aliphatic heterocycles. The van der Waals surface area contributed by atoms with Gasteiger partial charge in [0.1, 0.15) is 5.75 Å². The minimum absolute atomic E-state index is 0.0165. The van der Waals surface area contributed by atoms with Gasteiger partial charge in [-0.2, -0.15) is 5.26 Å². The first kappa shape index (κ1) is 24.1. The quantitative estimate of drug-likeness (QED) is 0.490. The van der Waals surface area contributed by atoms with Gasteiger partial charge in [-0.15, -0.1) is 0 Å². The van der Waals surface area contributed by atoms with Crippen LogP contribution in [0, 0.1) is 11.3 Å². The molecule has 3 aromatic rings. The summed E-state index contributed by atoms with van der Waals surface area (Å²) in [6.07, 6.45) is 1.91. The molecule has 0 spiro atoms. The standard InChI is InChI=1S/C26H26ClN3O3/c1-17(30-25(32)26(2,3)33-24-12-11-22(31)16-29-24)23(14-18-7-9-21(27)10-8-18)20-6-4-5-19(13-20)15-28/h4-13,16-17,23,31H,14H2,1-3H3,(H,30,32). The zero-order valence-corrected chi connectivity index (χ0v) is 19.5. The summed E-state index contributed by atoms with van der Waals surface area (Å²) in [5.74, 6) is -0.142. The Morgan fingerprint density at radius 2 is 1.94 bits per heavy atom. The van der Waals surface area contributed by atoms with Gasteiger partial charge in [-0.3, -0.25) is 4.79 Å². The Hall–Kier alpha value is -3.56. The molecule has 1 amide bonds. The molecule has 2 unspecified atom stereocenters. The van der Waals surface area contributed by atoms with E-state index in [4.69, 9.17) is 16.3 Å². The summed E-state index contributed by atoms with van der Waals surface area (Å²) >= 11 is 6.04. The van der Waals surface area contributed by atoms with E-state index in [0.29, 0.717) is 17.0 Å². The van der Waals surface area contributed by atoms with Crippen LogP contribution in [-0.2, 0) is 11.2 Å². The molecule has 7 heteroatoms. The first-order valence-electron chi connectivity index (χ1n) is 10.6. The minimum atomic E-state index is -1.20. The van der Waals surface area contributed by atoms with Crippen LogP contribution < -0.4 is 10.1 Å². The number of nitriles is 1. The summed E-state index contributed by atoms with van der Waals surface area (Å²) in [4.78, 5) is 17.1. The third-order valence-electron chi connectivity index (χ3n) is 5.40. The number of aromatic nitrogens is 1. The Bertz CT molecular complexity index is 1140. The van der Waals surface area contributed by atoms with Crippen molar-refractivity contribution < 1.29 is 14.6 Å². The zero-order valence-electron chi connectivity index (χ0n) is 18.7. The molecule has 6 nitrogen and oxygen atoms in total. The molecule has 2 atom stereocenters. The highest BCUT2D eigenvalue weighted by Gasteiger charge is 2.33. The van der Waals surface area contributed by atoms with E-state index >= 15 is 0 Å². The number of benzene rings is 2. The Labute approximate surface area is 198 Å². The summed E-state index contributed by atoms with van der Waals surface area (Å²) in [7, 11) is 0. The Morgan fingerprint density at radius 1 is 1.21 bits per heavy atom. The van der Waals surface area contributed by atoms with Crippen molar-refractivity contribution in [3.05, 3.63) is 88.6 Å². The van der Waals surface area contributed by atoms with Crippen molar-refractivity contribution in [2.24, 2.45) is 0 Å². The average molecular weight is 464 g/mol. The Balaban J connectivity index is 1.81. The van der Waals surface area contributed by atoms with Crippen molar-refractivity contribution in [2.45, 2.75) is 44.8 Å². The number of carbonyl (C=O) groups is 1. The summed E-state index contributed by atoms with van der Waals surface area (Å²) in [6, 6.07) is 19.9. The van der Waals surface area contributed by atoms with Crippen LogP contribution in [-0.4, -0.2) is 27.6 Å². The van der Waals surface area contributed by atoms with Crippen LogP contribution >= 0.6 is 11.6 Å². The van der Waals surface area contributed by atoms with E-state index in [9.17, 15) is 15.2 Å². The first-order valence-corrected chi connectivity index (χ1v) is 11.0. The molecule has 3 rings (SSSR count). The number of ether oxygens (including phenoxy) is 1. The number of amides is 1. The van der Waals surface area contributed by atoms with Crippen molar-refractivity contribution in [3.63, 3.8) is 0 Å². The zero-order chi connectivity index (χ0) is 24.0. The molecule has 1 heterocycles. The first-order chi connectivity index (χ1) is 15.7. The van der Waals surface area contributed by atoms with Gasteiger partial charge >= 0.3 is 0 Å². The molecular formula is C26H26ClN3O3. The molecule has 0 bridgehead atoms. The number of hydrogen-bond acceptors (Lipinski definition) is 5. The van der Waals surface area contributed by atoms with Crippen molar-refractivity contribution in [3.8, 4) is 17.7 Å². The molecule has 33 heavy (non-hydrogen) atoms. The average Bonchev–Trinajstić information content (AvgIpc) is 2.80. The maximum atomic E-state index is 13.1. The summed E-state index contributed by atoms with van der Waals surface area (Å²) in [6.45, 7) is 5.26. The number of carbonyl (C=O) groups excluding carboxylic acids is 1. The lowest BCUT2D eigenvalue weighted by atomic mass is 9.85. The third-order valence-corrected chi connectivity index (χ3v) is 5.65. The number of nitrogens with zero attached hydrogens (tertiary/aromatic N) is 2. The van der Waals surface area contributed by atoms with E-state index in [2.05, 4.69) is 16.4 Å². The molecule has 2 aromatic carbocycles. The molecule has 0 radical (unpaired) electrons. The molecule has 1 aromatic heterocycles. The van der Waals surface area contributed by atoms with Gasteiger partial charge in [-0.05, 0) is 68.7 Å². The lowest BCUT2D eigenvalue weighted by molar-refractivity contribution is -0.135. The number of aromatic hydroxyl groups is 1. The lowest BCUT2D eigenvalue weighted by Gasteiger charge is -2.30. The van der Waals surface area contributed by atoms with Crippen molar-refractivity contribution in [1.29, 1.82) is 5.26 Å². The van der Waals surface area contributed by atoms with Gasteiger partial charge in [0.15, 0.2) is 5.60 Å². The van der Waals surface area contributed by atoms with Gasteiger partial charge in [0.2, 0.25) is 5.88 Å². The van der Waals surface area contributed by atoms with E-state index in [-0.39, 0.29) is 29.5 Å². The van der Waals surface area contributed by atoms with Crippen molar-refractivity contribution in [2.75, 3.05) is 0 Å². The molecule has 170 valence electrons. The van der Waals surface area contributed by atoms with Crippen LogP contribution in [0.2, 0.25) is 5.02 Å². The topological polar surface area (TPSA) is 95.2 Å². The molecule has 0 saturated heterocycles. The van der Waals surface area contributed by atoms with Gasteiger partial charge in [0, 0.05) is 23.0 Å². The molecule has 0 saturated carbocycles. The van der Waals surface area contributed by atoms with Gasteiger partial charge < -0.3 is 15.2 Å². The number of hydrogen-bond donors (Lipinski definition) is 2. The number of rotatable bonds is 8. The number of pyridine rings is 1. The van der Waals surface area contributed by atoms with Crippen LogP contribution in [0.1, 0.15) is 43.4 Å². The maximum absolute atomic E-state index is 13.1. The highest BCUT2D eigenvalue weighted by molar-refractivity contribution is 6.30. The second-order valence-corrected chi connectivity index (χ2v) is 8.84. The van der Waals surface area contributed by atoms with E-state index < -0.39 is 5.60 Å². The number of nitrogens with one attached hydrogen (secondary N) is 1. The number of halogens is 1. The Kier molecular flexibility index (Phi) is 7.57. The summed E-state index contributed by atoms with van der Waals surface area (Å²) < 4.78 is 5.78. The van der Waals surface area contributed by atoms with Crippen molar-refractivity contribution >= 4 is 17.5 Å². The van der Waals surface area contributed by atoms with Gasteiger partial charge in [-0.25, -0.2) is 4.98 Å². The predicted octanol–water partition coefficient (Wildman–Crippen LogP) is 5.00. The fourth-order valence-electron chi connectivity index (χ4n) is 3.52.